The van der Waals surface area contributed by atoms with E-state index in [1.54, 1.807) is 62.4 Å². The van der Waals surface area contributed by atoms with Crippen LogP contribution < -0.4 is 20.9 Å². The van der Waals surface area contributed by atoms with E-state index in [0.717, 1.165) is 5.56 Å². The third-order valence-corrected chi connectivity index (χ3v) is 9.01. The lowest BCUT2D eigenvalue weighted by Gasteiger charge is -2.31. The van der Waals surface area contributed by atoms with Gasteiger partial charge in [-0.05, 0) is 29.8 Å². The maximum absolute atomic E-state index is 13.1. The number of carbonyl (C=O) groups excluding carboxylic acids is 4. The molecule has 2 aromatic carbocycles. The van der Waals surface area contributed by atoms with Gasteiger partial charge in [0.05, 0.1) is 28.9 Å². The molecule has 3 aliphatic heterocycles. The van der Waals surface area contributed by atoms with E-state index in [-0.39, 0.29) is 30.7 Å². The summed E-state index contributed by atoms with van der Waals surface area (Å²) < 4.78 is 24.8. The van der Waals surface area contributed by atoms with Crippen molar-refractivity contribution in [3.05, 3.63) is 59.7 Å². The molecule has 0 radical (unpaired) electrons. The normalized spacial score (nSPS) is 23.8. The molecule has 0 aromatic heterocycles. The van der Waals surface area contributed by atoms with Crippen molar-refractivity contribution in [3.8, 4) is 0 Å². The Morgan fingerprint density at radius 2 is 1.82 bits per heavy atom. The number of anilines is 1. The number of hydrogen-bond acceptors (Lipinski definition) is 7. The average Bonchev–Trinajstić information content (AvgIpc) is 3.38. The molecule has 38 heavy (non-hydrogen) atoms. The molecule has 11 nitrogen and oxygen atoms in total. The molecule has 2 fully saturated rings. The summed E-state index contributed by atoms with van der Waals surface area (Å²) in [6.45, 7) is 4.39. The molecule has 200 valence electrons. The van der Waals surface area contributed by atoms with Crippen molar-refractivity contribution in [3.63, 3.8) is 0 Å². The molecule has 0 saturated carbocycles. The summed E-state index contributed by atoms with van der Waals surface area (Å²) in [5, 5.41) is 7.68. The van der Waals surface area contributed by atoms with Crippen LogP contribution in [0.1, 0.15) is 29.8 Å². The molecule has 5 amide bonds. The Hall–Kier alpha value is -3.93. The number of nitrogens with one attached hydrogen (secondary N) is 3. The summed E-state index contributed by atoms with van der Waals surface area (Å²) in [5.41, 5.74) is 0.469. The zero-order valence-electron chi connectivity index (χ0n) is 21.1. The van der Waals surface area contributed by atoms with E-state index < -0.39 is 39.3 Å². The minimum Gasteiger partial charge on any atom is -0.365 e. The minimum atomic E-state index is -3.30. The summed E-state index contributed by atoms with van der Waals surface area (Å²) in [7, 11) is -3.30. The van der Waals surface area contributed by atoms with Gasteiger partial charge in [-0.2, -0.15) is 0 Å². The average molecular weight is 540 g/mol. The van der Waals surface area contributed by atoms with Crippen molar-refractivity contribution in [2.45, 2.75) is 36.9 Å². The summed E-state index contributed by atoms with van der Waals surface area (Å²) >= 11 is 0. The highest BCUT2D eigenvalue weighted by Crippen LogP contribution is 2.31. The van der Waals surface area contributed by atoms with Crippen molar-refractivity contribution in [1.29, 1.82) is 0 Å². The fourth-order valence-electron chi connectivity index (χ4n) is 5.25. The standard InChI is InChI=1S/C26H29N5O6S/c1-16(2)23(33)31-14-21(26(15-31)24(34)28-25(35)29-26)27-22(32)18-9-7-17(8-10-18)13-30-11-12-38(36,37)20-6-4-3-5-19(20)30/h3-10,16,21H,11-15H2,1-2H3,(H,27,32)(H2,28,29,34,35)/t21-,26+/m1/s1. The second-order valence-electron chi connectivity index (χ2n) is 10.2. The smallest absolute Gasteiger partial charge is 0.322 e. The molecule has 0 unspecified atom stereocenters. The predicted molar refractivity (Wildman–Crippen MR) is 138 cm³/mol. The van der Waals surface area contributed by atoms with Gasteiger partial charge in [0.2, 0.25) is 5.91 Å². The Balaban J connectivity index is 1.31. The molecule has 5 rings (SSSR count). The molecule has 2 atom stereocenters. The maximum Gasteiger partial charge on any atom is 0.322 e. The molecule has 3 N–H and O–H groups in total. The molecule has 1 spiro atoms. The van der Waals surface area contributed by atoms with E-state index in [1.807, 2.05) is 4.90 Å². The van der Waals surface area contributed by atoms with Gasteiger partial charge in [-0.3, -0.25) is 19.7 Å². The number of para-hydroxylation sites is 1. The third kappa shape index (κ3) is 4.49. The Kier molecular flexibility index (Phi) is 6.38. The number of rotatable bonds is 5. The van der Waals surface area contributed by atoms with Gasteiger partial charge in [-0.25, -0.2) is 13.2 Å². The number of carbonyl (C=O) groups is 4. The molecular formula is C26H29N5O6S. The molecule has 3 aliphatic rings. The number of urea groups is 1. The molecule has 0 aliphatic carbocycles. The van der Waals surface area contributed by atoms with Crippen molar-refractivity contribution in [1.82, 2.24) is 20.9 Å². The SMILES string of the molecule is CC(C)C(=O)N1C[C@@H](NC(=O)c2ccc(CN3CCS(=O)(=O)c4ccccc43)cc2)[C@]2(C1)NC(=O)NC2=O. The minimum absolute atomic E-state index is 0.0293. The van der Waals surface area contributed by atoms with Crippen molar-refractivity contribution in [2.24, 2.45) is 5.92 Å². The van der Waals surface area contributed by atoms with E-state index >= 15 is 0 Å². The van der Waals surface area contributed by atoms with Crippen LogP contribution in [0.25, 0.3) is 0 Å². The van der Waals surface area contributed by atoms with Crippen molar-refractivity contribution >= 4 is 39.3 Å². The van der Waals surface area contributed by atoms with Crippen LogP contribution in [0.3, 0.4) is 0 Å². The number of benzene rings is 2. The van der Waals surface area contributed by atoms with E-state index in [4.69, 9.17) is 0 Å². The zero-order valence-corrected chi connectivity index (χ0v) is 21.9. The highest BCUT2D eigenvalue weighted by Gasteiger charge is 2.58. The molecule has 2 saturated heterocycles. The fraction of sp³-hybridized carbons (Fsp3) is 0.385. The second kappa shape index (κ2) is 9.43. The largest absolute Gasteiger partial charge is 0.365 e. The van der Waals surface area contributed by atoms with E-state index in [1.165, 1.54) is 4.90 Å². The highest BCUT2D eigenvalue weighted by atomic mass is 32.2. The third-order valence-electron chi connectivity index (χ3n) is 7.28. The topological polar surface area (TPSA) is 145 Å². The zero-order chi connectivity index (χ0) is 27.2. The first-order valence-corrected chi connectivity index (χ1v) is 14.0. The van der Waals surface area contributed by atoms with Crippen LogP contribution in [0, 0.1) is 5.92 Å². The summed E-state index contributed by atoms with van der Waals surface area (Å²) in [4.78, 5) is 54.2. The maximum atomic E-state index is 13.1. The van der Waals surface area contributed by atoms with Crippen molar-refractivity contribution < 1.29 is 27.6 Å². The number of sulfone groups is 1. The summed E-state index contributed by atoms with van der Waals surface area (Å²) in [6.07, 6.45) is 0. The van der Waals surface area contributed by atoms with E-state index in [9.17, 15) is 27.6 Å². The van der Waals surface area contributed by atoms with Crippen LogP contribution in [-0.4, -0.2) is 74.0 Å². The van der Waals surface area contributed by atoms with Crippen LogP contribution in [0.2, 0.25) is 0 Å². The lowest BCUT2D eigenvalue weighted by Crippen LogP contribution is -2.62. The fourth-order valence-corrected chi connectivity index (χ4v) is 6.73. The van der Waals surface area contributed by atoms with Crippen LogP contribution in [0.15, 0.2) is 53.4 Å². The van der Waals surface area contributed by atoms with E-state index in [2.05, 4.69) is 16.0 Å². The van der Waals surface area contributed by atoms with Crippen LogP contribution >= 0.6 is 0 Å². The van der Waals surface area contributed by atoms with Gasteiger partial charge in [0, 0.05) is 31.1 Å². The number of hydrogen-bond donors (Lipinski definition) is 3. The number of likely N-dealkylation sites (tertiary alicyclic amines) is 1. The molecular weight excluding hydrogens is 510 g/mol. The van der Waals surface area contributed by atoms with Gasteiger partial charge in [-0.1, -0.05) is 38.1 Å². The molecule has 2 aromatic rings. The molecule has 0 bridgehead atoms. The van der Waals surface area contributed by atoms with Gasteiger partial charge in [-0.15, -0.1) is 0 Å². The number of fused-ring (bicyclic) bond motifs is 1. The Morgan fingerprint density at radius 3 is 2.47 bits per heavy atom. The molecule has 12 heteroatoms. The summed E-state index contributed by atoms with van der Waals surface area (Å²) in [5.74, 6) is -1.46. The first-order chi connectivity index (χ1) is 18.0. The first kappa shape index (κ1) is 25.7. The lowest BCUT2D eigenvalue weighted by atomic mass is 9.93. The quantitative estimate of drug-likeness (QED) is 0.473. The van der Waals surface area contributed by atoms with Crippen LogP contribution in [0.5, 0.6) is 0 Å². The van der Waals surface area contributed by atoms with Gasteiger partial charge in [0.15, 0.2) is 15.4 Å². The Labute approximate surface area is 220 Å². The lowest BCUT2D eigenvalue weighted by molar-refractivity contribution is -0.133. The van der Waals surface area contributed by atoms with Gasteiger partial charge in [0.25, 0.3) is 11.8 Å². The highest BCUT2D eigenvalue weighted by molar-refractivity contribution is 7.91. The van der Waals surface area contributed by atoms with Crippen molar-refractivity contribution in [2.75, 3.05) is 30.3 Å². The van der Waals surface area contributed by atoms with Gasteiger partial charge < -0.3 is 20.4 Å². The predicted octanol–water partition coefficient (Wildman–Crippen LogP) is 0.655. The number of amides is 5. The van der Waals surface area contributed by atoms with Crippen LogP contribution in [-0.2, 0) is 26.0 Å². The Morgan fingerprint density at radius 1 is 1.11 bits per heavy atom. The number of imide groups is 1. The number of nitrogens with zero attached hydrogens (tertiary/aromatic N) is 2. The molecule has 3 heterocycles. The Bertz CT molecular complexity index is 1420. The monoisotopic (exact) mass is 539 g/mol. The van der Waals surface area contributed by atoms with Gasteiger partial charge >= 0.3 is 6.03 Å². The first-order valence-electron chi connectivity index (χ1n) is 12.4. The summed E-state index contributed by atoms with van der Waals surface area (Å²) in [6, 6.07) is 12.3. The van der Waals surface area contributed by atoms with Gasteiger partial charge in [0.1, 0.15) is 0 Å². The second-order valence-corrected chi connectivity index (χ2v) is 12.3. The van der Waals surface area contributed by atoms with E-state index in [0.29, 0.717) is 29.2 Å². The van der Waals surface area contributed by atoms with Crippen LogP contribution in [0.4, 0.5) is 10.5 Å².